The SMILES string of the molecule is CC(C(=O)N[C@H]1CCNC1)C(C)(F)F. The molecule has 0 aromatic rings. The Morgan fingerprint density at radius 3 is 2.71 bits per heavy atom. The zero-order valence-corrected chi connectivity index (χ0v) is 8.44. The van der Waals surface area contributed by atoms with Crippen LogP contribution in [-0.4, -0.2) is 31.0 Å². The molecule has 1 rings (SSSR count). The van der Waals surface area contributed by atoms with Crippen molar-refractivity contribution in [2.24, 2.45) is 5.92 Å². The highest BCUT2D eigenvalue weighted by atomic mass is 19.3. The zero-order chi connectivity index (χ0) is 10.8. The van der Waals surface area contributed by atoms with Crippen molar-refractivity contribution in [3.8, 4) is 0 Å². The average molecular weight is 206 g/mol. The summed E-state index contributed by atoms with van der Waals surface area (Å²) in [7, 11) is 0. The maximum absolute atomic E-state index is 12.8. The maximum atomic E-state index is 12.8. The fourth-order valence-corrected chi connectivity index (χ4v) is 1.33. The van der Waals surface area contributed by atoms with Gasteiger partial charge < -0.3 is 10.6 Å². The quantitative estimate of drug-likeness (QED) is 0.715. The molecule has 0 radical (unpaired) electrons. The second kappa shape index (κ2) is 4.21. The average Bonchev–Trinajstić information content (AvgIpc) is 2.53. The lowest BCUT2D eigenvalue weighted by Gasteiger charge is -2.20. The fourth-order valence-electron chi connectivity index (χ4n) is 1.33. The lowest BCUT2D eigenvalue weighted by molar-refractivity contribution is -0.136. The molecule has 1 aliphatic rings. The van der Waals surface area contributed by atoms with Crippen LogP contribution in [0.25, 0.3) is 0 Å². The molecule has 3 nitrogen and oxygen atoms in total. The number of halogens is 2. The number of hydrogen-bond donors (Lipinski definition) is 2. The van der Waals surface area contributed by atoms with Crippen LogP contribution >= 0.6 is 0 Å². The Morgan fingerprint density at radius 1 is 1.64 bits per heavy atom. The first kappa shape index (κ1) is 11.4. The van der Waals surface area contributed by atoms with Crippen molar-refractivity contribution >= 4 is 5.91 Å². The lowest BCUT2D eigenvalue weighted by atomic mass is 10.0. The molecule has 1 unspecified atom stereocenters. The molecule has 1 aliphatic heterocycles. The van der Waals surface area contributed by atoms with E-state index in [-0.39, 0.29) is 6.04 Å². The summed E-state index contributed by atoms with van der Waals surface area (Å²) < 4.78 is 25.5. The summed E-state index contributed by atoms with van der Waals surface area (Å²) in [5.74, 6) is -4.77. The number of rotatable bonds is 3. The highest BCUT2D eigenvalue weighted by Gasteiger charge is 2.36. The Morgan fingerprint density at radius 2 is 2.29 bits per heavy atom. The molecular weight excluding hydrogens is 190 g/mol. The first-order valence-corrected chi connectivity index (χ1v) is 4.80. The number of carbonyl (C=O) groups is 1. The van der Waals surface area contributed by atoms with Crippen molar-refractivity contribution in [3.05, 3.63) is 0 Å². The van der Waals surface area contributed by atoms with Crippen LogP contribution < -0.4 is 10.6 Å². The second-order valence-corrected chi connectivity index (χ2v) is 3.88. The Hall–Kier alpha value is -0.710. The van der Waals surface area contributed by atoms with Gasteiger partial charge in [-0.15, -0.1) is 0 Å². The molecular formula is C9H16F2N2O. The molecule has 0 saturated carbocycles. The molecule has 1 heterocycles. The van der Waals surface area contributed by atoms with Crippen LogP contribution in [0.1, 0.15) is 20.3 Å². The van der Waals surface area contributed by atoms with E-state index in [0.717, 1.165) is 19.9 Å². The minimum absolute atomic E-state index is 0.00676. The third kappa shape index (κ3) is 2.90. The topological polar surface area (TPSA) is 41.1 Å². The summed E-state index contributed by atoms with van der Waals surface area (Å²) in [6.45, 7) is 3.53. The van der Waals surface area contributed by atoms with E-state index < -0.39 is 17.7 Å². The van der Waals surface area contributed by atoms with Crippen molar-refractivity contribution in [1.82, 2.24) is 10.6 Å². The van der Waals surface area contributed by atoms with Gasteiger partial charge in [-0.2, -0.15) is 0 Å². The van der Waals surface area contributed by atoms with Gasteiger partial charge in [-0.3, -0.25) is 4.79 Å². The summed E-state index contributed by atoms with van der Waals surface area (Å²) in [6.07, 6.45) is 0.813. The number of amides is 1. The van der Waals surface area contributed by atoms with Crippen molar-refractivity contribution in [2.75, 3.05) is 13.1 Å². The molecule has 14 heavy (non-hydrogen) atoms. The van der Waals surface area contributed by atoms with Gasteiger partial charge in [0.1, 0.15) is 0 Å². The normalized spacial score (nSPS) is 24.7. The van der Waals surface area contributed by atoms with Gasteiger partial charge in [-0.25, -0.2) is 8.78 Å². The van der Waals surface area contributed by atoms with Crippen molar-refractivity contribution in [2.45, 2.75) is 32.2 Å². The molecule has 2 atom stereocenters. The second-order valence-electron chi connectivity index (χ2n) is 3.88. The summed E-state index contributed by atoms with van der Waals surface area (Å²) >= 11 is 0. The molecule has 82 valence electrons. The Kier molecular flexibility index (Phi) is 3.42. The van der Waals surface area contributed by atoms with E-state index >= 15 is 0 Å². The van der Waals surface area contributed by atoms with Crippen LogP contribution in [0.15, 0.2) is 0 Å². The molecule has 0 spiro atoms. The molecule has 0 aliphatic carbocycles. The van der Waals surface area contributed by atoms with Crippen LogP contribution in [0.3, 0.4) is 0 Å². The molecule has 1 saturated heterocycles. The van der Waals surface area contributed by atoms with Gasteiger partial charge in [-0.05, 0) is 19.9 Å². The molecule has 1 fully saturated rings. The molecule has 1 amide bonds. The van der Waals surface area contributed by atoms with Crippen molar-refractivity contribution < 1.29 is 13.6 Å². The Balaban J connectivity index is 2.41. The first-order chi connectivity index (χ1) is 6.41. The van der Waals surface area contributed by atoms with Crippen LogP contribution in [0.5, 0.6) is 0 Å². The first-order valence-electron chi connectivity index (χ1n) is 4.80. The molecule has 0 bridgehead atoms. The third-order valence-corrected chi connectivity index (χ3v) is 2.56. The van der Waals surface area contributed by atoms with E-state index in [1.807, 2.05) is 0 Å². The minimum Gasteiger partial charge on any atom is -0.352 e. The summed E-state index contributed by atoms with van der Waals surface area (Å²) in [6, 6.07) is 0.00676. The largest absolute Gasteiger partial charge is 0.352 e. The zero-order valence-electron chi connectivity index (χ0n) is 8.44. The van der Waals surface area contributed by atoms with Gasteiger partial charge in [0.25, 0.3) is 5.92 Å². The summed E-state index contributed by atoms with van der Waals surface area (Å²) in [4.78, 5) is 11.3. The van der Waals surface area contributed by atoms with Gasteiger partial charge >= 0.3 is 0 Å². The monoisotopic (exact) mass is 206 g/mol. The summed E-state index contributed by atoms with van der Waals surface area (Å²) in [5.41, 5.74) is 0. The molecule has 5 heteroatoms. The van der Waals surface area contributed by atoms with Gasteiger partial charge in [0.15, 0.2) is 0 Å². The van der Waals surface area contributed by atoms with Crippen LogP contribution in [-0.2, 0) is 4.79 Å². The smallest absolute Gasteiger partial charge is 0.256 e. The lowest BCUT2D eigenvalue weighted by Crippen LogP contribution is -2.44. The molecule has 0 aromatic carbocycles. The molecule has 2 N–H and O–H groups in total. The van der Waals surface area contributed by atoms with Crippen LogP contribution in [0.4, 0.5) is 8.78 Å². The number of nitrogens with one attached hydrogen (secondary N) is 2. The van der Waals surface area contributed by atoms with Gasteiger partial charge in [0.05, 0.1) is 5.92 Å². The van der Waals surface area contributed by atoms with Crippen molar-refractivity contribution in [3.63, 3.8) is 0 Å². The van der Waals surface area contributed by atoms with E-state index in [1.165, 1.54) is 6.92 Å². The van der Waals surface area contributed by atoms with E-state index in [1.54, 1.807) is 0 Å². The minimum atomic E-state index is -2.95. The van der Waals surface area contributed by atoms with E-state index in [9.17, 15) is 13.6 Å². The van der Waals surface area contributed by atoms with Crippen molar-refractivity contribution in [1.29, 1.82) is 0 Å². The van der Waals surface area contributed by atoms with Crippen LogP contribution in [0, 0.1) is 5.92 Å². The van der Waals surface area contributed by atoms with Crippen LogP contribution in [0.2, 0.25) is 0 Å². The number of alkyl halides is 2. The standard InChI is InChI=1S/C9H16F2N2O/c1-6(9(2,10)11)8(14)13-7-3-4-12-5-7/h6-7,12H,3-5H2,1-2H3,(H,13,14)/t6?,7-/m0/s1. The molecule has 0 aromatic heterocycles. The van der Waals surface area contributed by atoms with Gasteiger partial charge in [0.2, 0.25) is 5.91 Å². The Labute approximate surface area is 82.2 Å². The highest BCUT2D eigenvalue weighted by molar-refractivity contribution is 5.79. The number of hydrogen-bond acceptors (Lipinski definition) is 2. The predicted octanol–water partition coefficient (Wildman–Crippen LogP) is 0.756. The number of carbonyl (C=O) groups excluding carboxylic acids is 1. The third-order valence-electron chi connectivity index (χ3n) is 2.56. The van der Waals surface area contributed by atoms with E-state index in [4.69, 9.17) is 0 Å². The van der Waals surface area contributed by atoms with Gasteiger partial charge in [-0.1, -0.05) is 0 Å². The van der Waals surface area contributed by atoms with Gasteiger partial charge in [0, 0.05) is 19.5 Å². The van der Waals surface area contributed by atoms with E-state index in [0.29, 0.717) is 6.54 Å². The van der Waals surface area contributed by atoms with E-state index in [2.05, 4.69) is 10.6 Å². The Bertz CT molecular complexity index is 209. The fraction of sp³-hybridized carbons (Fsp3) is 0.889. The highest BCUT2D eigenvalue weighted by Crippen LogP contribution is 2.23. The summed E-state index contributed by atoms with van der Waals surface area (Å²) in [5, 5.41) is 5.66. The maximum Gasteiger partial charge on any atom is 0.256 e. The predicted molar refractivity (Wildman–Crippen MR) is 49.2 cm³/mol.